The molecule has 110 valence electrons. The van der Waals surface area contributed by atoms with Gasteiger partial charge in [0, 0.05) is 37.7 Å². The van der Waals surface area contributed by atoms with Crippen molar-refractivity contribution in [3.8, 4) is 5.75 Å². The van der Waals surface area contributed by atoms with Crippen molar-refractivity contribution in [2.45, 2.75) is 12.5 Å². The molecule has 0 radical (unpaired) electrons. The Hall–Kier alpha value is -1.36. The number of likely N-dealkylation sites (tertiary alicyclic amines) is 1. The second kappa shape index (κ2) is 7.43. The summed E-state index contributed by atoms with van der Waals surface area (Å²) >= 11 is 0. The van der Waals surface area contributed by atoms with Crippen molar-refractivity contribution >= 4 is 6.08 Å². The molecule has 2 N–H and O–H groups in total. The van der Waals surface area contributed by atoms with E-state index in [0.717, 1.165) is 37.4 Å². The van der Waals surface area contributed by atoms with Crippen LogP contribution in [0.25, 0.3) is 6.08 Å². The van der Waals surface area contributed by atoms with Crippen LogP contribution in [0.4, 0.5) is 0 Å². The average molecular weight is 277 g/mol. The van der Waals surface area contributed by atoms with Crippen LogP contribution in [-0.4, -0.2) is 54.6 Å². The predicted molar refractivity (Wildman–Crippen MR) is 79.7 cm³/mol. The number of piperidine rings is 1. The summed E-state index contributed by atoms with van der Waals surface area (Å²) in [6.45, 7) is 2.48. The fourth-order valence-electron chi connectivity index (χ4n) is 2.57. The molecule has 1 aliphatic rings. The molecule has 0 bridgehead atoms. The molecule has 0 saturated carbocycles. The Morgan fingerprint density at radius 2 is 2.20 bits per heavy atom. The summed E-state index contributed by atoms with van der Waals surface area (Å²) in [5.41, 5.74) is 1.06. The lowest BCUT2D eigenvalue weighted by Gasteiger charge is -2.34. The Bertz CT molecular complexity index is 447. The summed E-state index contributed by atoms with van der Waals surface area (Å²) < 4.78 is 5.31. The van der Waals surface area contributed by atoms with Crippen LogP contribution in [0.15, 0.2) is 30.3 Å². The Morgan fingerprint density at radius 3 is 2.95 bits per heavy atom. The molecule has 1 heterocycles. The van der Waals surface area contributed by atoms with E-state index in [2.05, 4.69) is 17.1 Å². The number of benzene rings is 1. The van der Waals surface area contributed by atoms with E-state index in [1.54, 1.807) is 7.11 Å². The number of methoxy groups -OCH3 is 1. The van der Waals surface area contributed by atoms with Gasteiger partial charge in [0.2, 0.25) is 0 Å². The van der Waals surface area contributed by atoms with Crippen molar-refractivity contribution in [3.05, 3.63) is 35.9 Å². The van der Waals surface area contributed by atoms with E-state index in [1.165, 1.54) is 0 Å². The van der Waals surface area contributed by atoms with E-state index in [0.29, 0.717) is 0 Å². The summed E-state index contributed by atoms with van der Waals surface area (Å²) in [6, 6.07) is 7.90. The number of aliphatic hydroxyl groups excluding tert-OH is 2. The molecule has 1 fully saturated rings. The minimum Gasteiger partial charge on any atom is -0.496 e. The van der Waals surface area contributed by atoms with Crippen LogP contribution in [0.1, 0.15) is 12.0 Å². The Kier molecular flexibility index (Phi) is 5.59. The SMILES string of the molecule is COc1ccccc1/C=C/CN1CC[C@H](O)[C@H](CO)C1. The molecule has 1 saturated heterocycles. The van der Waals surface area contributed by atoms with Crippen molar-refractivity contribution in [1.82, 2.24) is 4.90 Å². The molecule has 0 aromatic heterocycles. The number of nitrogens with zero attached hydrogens (tertiary/aromatic N) is 1. The van der Waals surface area contributed by atoms with Crippen LogP contribution in [-0.2, 0) is 0 Å². The second-order valence-electron chi connectivity index (χ2n) is 5.20. The van der Waals surface area contributed by atoms with Gasteiger partial charge in [0.25, 0.3) is 0 Å². The molecule has 0 amide bonds. The minimum absolute atomic E-state index is 0.0246. The van der Waals surface area contributed by atoms with E-state index in [9.17, 15) is 10.2 Å². The number of ether oxygens (including phenoxy) is 1. The summed E-state index contributed by atoms with van der Waals surface area (Å²) in [4.78, 5) is 2.25. The maximum absolute atomic E-state index is 9.74. The molecule has 1 aromatic carbocycles. The molecule has 2 atom stereocenters. The van der Waals surface area contributed by atoms with Gasteiger partial charge in [-0.1, -0.05) is 30.4 Å². The smallest absolute Gasteiger partial charge is 0.126 e. The van der Waals surface area contributed by atoms with Gasteiger partial charge in [-0.15, -0.1) is 0 Å². The van der Waals surface area contributed by atoms with Gasteiger partial charge in [0.15, 0.2) is 0 Å². The third kappa shape index (κ3) is 3.82. The molecule has 0 spiro atoms. The van der Waals surface area contributed by atoms with E-state index in [4.69, 9.17) is 4.74 Å². The van der Waals surface area contributed by atoms with E-state index >= 15 is 0 Å². The van der Waals surface area contributed by atoms with Crippen LogP contribution in [0.3, 0.4) is 0 Å². The van der Waals surface area contributed by atoms with Crippen molar-refractivity contribution in [3.63, 3.8) is 0 Å². The minimum atomic E-state index is -0.366. The molecule has 4 nitrogen and oxygen atoms in total. The zero-order valence-electron chi connectivity index (χ0n) is 11.9. The quantitative estimate of drug-likeness (QED) is 0.854. The number of para-hydroxylation sites is 1. The standard InChI is InChI=1S/C16H23NO3/c1-20-16-7-3-2-5-13(16)6-4-9-17-10-8-15(19)14(11-17)12-18/h2-7,14-15,18-19H,8-12H2,1H3/b6-4+/t14-,15-/m0/s1. The van der Waals surface area contributed by atoms with Crippen molar-refractivity contribution in [1.29, 1.82) is 0 Å². The maximum atomic E-state index is 9.74. The van der Waals surface area contributed by atoms with Gasteiger partial charge in [-0.25, -0.2) is 0 Å². The molecular weight excluding hydrogens is 254 g/mol. The largest absolute Gasteiger partial charge is 0.496 e. The molecule has 0 unspecified atom stereocenters. The number of rotatable bonds is 5. The number of hydrogen-bond acceptors (Lipinski definition) is 4. The van der Waals surface area contributed by atoms with Gasteiger partial charge in [0.1, 0.15) is 5.75 Å². The highest BCUT2D eigenvalue weighted by molar-refractivity contribution is 5.57. The molecule has 4 heteroatoms. The molecule has 1 aromatic rings. The predicted octanol–water partition coefficient (Wildman–Crippen LogP) is 1.38. The summed E-state index contributed by atoms with van der Waals surface area (Å²) in [5.74, 6) is 0.842. The fourth-order valence-corrected chi connectivity index (χ4v) is 2.57. The Labute approximate surface area is 120 Å². The molecule has 1 aliphatic heterocycles. The molecular formula is C16H23NO3. The monoisotopic (exact) mass is 277 g/mol. The van der Waals surface area contributed by atoms with Gasteiger partial charge in [0.05, 0.1) is 13.2 Å². The first kappa shape index (κ1) is 15.0. The summed E-state index contributed by atoms with van der Waals surface area (Å²) in [5, 5.41) is 19.0. The third-order valence-corrected chi connectivity index (χ3v) is 3.81. The van der Waals surface area contributed by atoms with Crippen LogP contribution in [0, 0.1) is 5.92 Å². The van der Waals surface area contributed by atoms with Crippen molar-refractivity contribution < 1.29 is 14.9 Å². The van der Waals surface area contributed by atoms with Crippen LogP contribution < -0.4 is 4.74 Å². The Morgan fingerprint density at radius 1 is 1.40 bits per heavy atom. The normalized spacial score (nSPS) is 24.1. The lowest BCUT2D eigenvalue weighted by Crippen LogP contribution is -2.44. The molecule has 2 rings (SSSR count). The number of hydrogen-bond donors (Lipinski definition) is 2. The summed E-state index contributed by atoms with van der Waals surface area (Å²) in [7, 11) is 1.67. The van der Waals surface area contributed by atoms with Crippen LogP contribution >= 0.6 is 0 Å². The van der Waals surface area contributed by atoms with Crippen molar-refractivity contribution in [2.75, 3.05) is 33.4 Å². The highest BCUT2D eigenvalue weighted by Gasteiger charge is 2.26. The first-order chi connectivity index (χ1) is 9.74. The Balaban J connectivity index is 1.90. The zero-order valence-corrected chi connectivity index (χ0v) is 11.9. The fraction of sp³-hybridized carbons (Fsp3) is 0.500. The van der Waals surface area contributed by atoms with Gasteiger partial charge >= 0.3 is 0 Å². The van der Waals surface area contributed by atoms with Crippen LogP contribution in [0.2, 0.25) is 0 Å². The second-order valence-corrected chi connectivity index (χ2v) is 5.20. The lowest BCUT2D eigenvalue weighted by molar-refractivity contribution is 0.00411. The summed E-state index contributed by atoms with van der Waals surface area (Å²) in [6.07, 6.45) is 4.52. The van der Waals surface area contributed by atoms with Crippen LogP contribution in [0.5, 0.6) is 5.75 Å². The van der Waals surface area contributed by atoms with E-state index in [1.807, 2.05) is 24.3 Å². The first-order valence-electron chi connectivity index (χ1n) is 7.05. The molecule has 20 heavy (non-hydrogen) atoms. The average Bonchev–Trinajstić information content (AvgIpc) is 2.49. The lowest BCUT2D eigenvalue weighted by atomic mass is 9.95. The van der Waals surface area contributed by atoms with E-state index in [-0.39, 0.29) is 18.6 Å². The highest BCUT2D eigenvalue weighted by Crippen LogP contribution is 2.19. The zero-order chi connectivity index (χ0) is 14.4. The third-order valence-electron chi connectivity index (χ3n) is 3.81. The molecule has 0 aliphatic carbocycles. The van der Waals surface area contributed by atoms with Gasteiger partial charge in [-0.05, 0) is 12.5 Å². The van der Waals surface area contributed by atoms with E-state index < -0.39 is 0 Å². The highest BCUT2D eigenvalue weighted by atomic mass is 16.5. The van der Waals surface area contributed by atoms with Gasteiger partial charge < -0.3 is 14.9 Å². The van der Waals surface area contributed by atoms with Gasteiger partial charge in [-0.2, -0.15) is 0 Å². The maximum Gasteiger partial charge on any atom is 0.126 e. The topological polar surface area (TPSA) is 52.9 Å². The number of aliphatic hydroxyl groups is 2. The van der Waals surface area contributed by atoms with Gasteiger partial charge in [-0.3, -0.25) is 4.90 Å². The van der Waals surface area contributed by atoms with Crippen molar-refractivity contribution in [2.24, 2.45) is 5.92 Å². The first-order valence-corrected chi connectivity index (χ1v) is 7.05.